The van der Waals surface area contributed by atoms with Crippen LogP contribution in [0.5, 0.6) is 0 Å². The molecular formula is C22H16ClN5S2. The van der Waals surface area contributed by atoms with Gasteiger partial charge in [-0.25, -0.2) is 0 Å². The second-order valence-corrected chi connectivity index (χ2v) is 9.28. The summed E-state index contributed by atoms with van der Waals surface area (Å²) in [7, 11) is 0. The zero-order chi connectivity index (χ0) is 20.8. The molecule has 0 saturated carbocycles. The lowest BCUT2D eigenvalue weighted by Gasteiger charge is -2.09. The fourth-order valence-corrected chi connectivity index (χ4v) is 5.30. The van der Waals surface area contributed by atoms with Crippen molar-refractivity contribution in [3.8, 4) is 16.8 Å². The molecule has 0 radical (unpaired) electrons. The first kappa shape index (κ1) is 19.2. The number of aromatic nitrogens is 4. The summed E-state index contributed by atoms with van der Waals surface area (Å²) in [5.74, 6) is 8.24. The molecule has 0 bridgehead atoms. The van der Waals surface area contributed by atoms with Crippen molar-refractivity contribution in [2.24, 2.45) is 4.99 Å². The predicted octanol–water partition coefficient (Wildman–Crippen LogP) is 5.37. The normalized spacial score (nSPS) is 14.9. The van der Waals surface area contributed by atoms with Gasteiger partial charge >= 0.3 is 0 Å². The number of rotatable bonds is 1. The Kier molecular flexibility index (Phi) is 4.78. The molecular weight excluding hydrogens is 434 g/mol. The Bertz CT molecular complexity index is 1330. The van der Waals surface area contributed by atoms with Gasteiger partial charge in [-0.1, -0.05) is 23.7 Å². The standard InChI is InChI=1S/C22H16ClN5S2/c1-12-18(9-8-17-10-24-11-29-17)30-22-19(12)20(15-4-6-16(23)7-5-15)25-13(2)21-27-26-14(3)28(21)22/h4-7,10-11,13H,1-3H3/t13-/m0/s1. The number of halogens is 1. The molecule has 8 heteroatoms. The van der Waals surface area contributed by atoms with Crippen molar-refractivity contribution in [1.29, 1.82) is 0 Å². The Hall–Kier alpha value is -2.79. The molecule has 148 valence electrons. The first-order chi connectivity index (χ1) is 14.5. The van der Waals surface area contributed by atoms with E-state index < -0.39 is 0 Å². The summed E-state index contributed by atoms with van der Waals surface area (Å²) in [5, 5.41) is 10.5. The van der Waals surface area contributed by atoms with E-state index >= 15 is 0 Å². The summed E-state index contributed by atoms with van der Waals surface area (Å²) < 4.78 is 2.11. The zero-order valence-electron chi connectivity index (χ0n) is 16.5. The van der Waals surface area contributed by atoms with Gasteiger partial charge in [0.15, 0.2) is 5.82 Å². The Morgan fingerprint density at radius 1 is 1.10 bits per heavy atom. The van der Waals surface area contributed by atoms with E-state index in [1.54, 1.807) is 23.0 Å². The van der Waals surface area contributed by atoms with Crippen LogP contribution in [0.3, 0.4) is 0 Å². The lowest BCUT2D eigenvalue weighted by Crippen LogP contribution is -2.07. The summed E-state index contributed by atoms with van der Waals surface area (Å²) >= 11 is 9.32. The fraction of sp³-hybridized carbons (Fsp3) is 0.182. The molecule has 3 aromatic heterocycles. The monoisotopic (exact) mass is 449 g/mol. The smallest absolute Gasteiger partial charge is 0.162 e. The van der Waals surface area contributed by atoms with Gasteiger partial charge in [-0.15, -0.1) is 32.9 Å². The van der Waals surface area contributed by atoms with E-state index in [9.17, 15) is 0 Å². The van der Waals surface area contributed by atoms with Gasteiger partial charge in [-0.2, -0.15) is 0 Å². The number of thiazole rings is 1. The van der Waals surface area contributed by atoms with Crippen molar-refractivity contribution in [1.82, 2.24) is 19.7 Å². The van der Waals surface area contributed by atoms with Gasteiger partial charge in [0.1, 0.15) is 16.9 Å². The number of thiophene rings is 1. The molecule has 0 saturated heterocycles. The first-order valence-corrected chi connectivity index (χ1v) is 11.4. The Morgan fingerprint density at radius 3 is 2.63 bits per heavy atom. The molecule has 5 nitrogen and oxygen atoms in total. The van der Waals surface area contributed by atoms with Crippen molar-refractivity contribution >= 4 is 40.0 Å². The van der Waals surface area contributed by atoms with Crippen LogP contribution < -0.4 is 0 Å². The molecule has 0 unspecified atom stereocenters. The number of hydrogen-bond donors (Lipinski definition) is 0. The molecule has 4 heterocycles. The third kappa shape index (κ3) is 3.18. The van der Waals surface area contributed by atoms with E-state index in [4.69, 9.17) is 16.6 Å². The van der Waals surface area contributed by atoms with Crippen LogP contribution in [0.2, 0.25) is 5.02 Å². The van der Waals surface area contributed by atoms with Crippen LogP contribution in [-0.2, 0) is 0 Å². The van der Waals surface area contributed by atoms with Crippen molar-refractivity contribution in [2.75, 3.05) is 0 Å². The van der Waals surface area contributed by atoms with Crippen LogP contribution in [0, 0.1) is 25.7 Å². The first-order valence-electron chi connectivity index (χ1n) is 9.33. The van der Waals surface area contributed by atoms with Gasteiger partial charge in [-0.3, -0.25) is 14.5 Å². The molecule has 0 aliphatic carbocycles. The molecule has 1 aliphatic heterocycles. The summed E-state index contributed by atoms with van der Waals surface area (Å²) in [6.45, 7) is 6.12. The van der Waals surface area contributed by atoms with Crippen LogP contribution in [0.15, 0.2) is 41.0 Å². The van der Waals surface area contributed by atoms with Crippen molar-refractivity contribution in [3.05, 3.63) is 79.1 Å². The third-order valence-electron chi connectivity index (χ3n) is 4.96. The number of fused-ring (bicyclic) bond motifs is 3. The van der Waals surface area contributed by atoms with E-state index in [0.717, 1.165) is 48.8 Å². The van der Waals surface area contributed by atoms with Gasteiger partial charge in [0, 0.05) is 16.1 Å². The van der Waals surface area contributed by atoms with Crippen LogP contribution in [-0.4, -0.2) is 25.5 Å². The minimum atomic E-state index is -0.123. The Morgan fingerprint density at radius 2 is 1.90 bits per heavy atom. The second kappa shape index (κ2) is 7.47. The highest BCUT2D eigenvalue weighted by Gasteiger charge is 2.29. The van der Waals surface area contributed by atoms with E-state index in [-0.39, 0.29) is 6.04 Å². The lowest BCUT2D eigenvalue weighted by molar-refractivity contribution is 0.724. The van der Waals surface area contributed by atoms with Crippen LogP contribution in [0.25, 0.3) is 5.00 Å². The number of nitrogens with zero attached hydrogens (tertiary/aromatic N) is 5. The van der Waals surface area contributed by atoms with Crippen molar-refractivity contribution in [2.45, 2.75) is 26.8 Å². The largest absolute Gasteiger partial charge is 0.273 e. The topological polar surface area (TPSA) is 56.0 Å². The fourth-order valence-electron chi connectivity index (χ4n) is 3.49. The highest BCUT2D eigenvalue weighted by atomic mass is 35.5. The van der Waals surface area contributed by atoms with Gasteiger partial charge in [0.25, 0.3) is 0 Å². The summed E-state index contributed by atoms with van der Waals surface area (Å²) in [6.07, 6.45) is 1.79. The lowest BCUT2D eigenvalue weighted by atomic mass is 9.99. The SMILES string of the molecule is Cc1c(C#Cc2cncs2)sc2c1C(c1ccc(Cl)cc1)=N[C@@H](C)c1nnc(C)n1-2. The number of hydrogen-bond acceptors (Lipinski definition) is 6. The zero-order valence-corrected chi connectivity index (χ0v) is 18.9. The third-order valence-corrected chi connectivity index (χ3v) is 7.10. The molecule has 1 aliphatic rings. The van der Waals surface area contributed by atoms with Crippen molar-refractivity contribution in [3.63, 3.8) is 0 Å². The molecule has 4 aromatic rings. The molecule has 0 N–H and O–H groups in total. The van der Waals surface area contributed by atoms with Crippen LogP contribution in [0.4, 0.5) is 0 Å². The maximum Gasteiger partial charge on any atom is 0.162 e. The maximum atomic E-state index is 6.13. The average Bonchev–Trinajstić information content (AvgIpc) is 3.43. The van der Waals surface area contributed by atoms with E-state index in [1.807, 2.05) is 38.1 Å². The van der Waals surface area contributed by atoms with E-state index in [1.165, 1.54) is 11.3 Å². The molecule has 1 atom stereocenters. The molecule has 0 amide bonds. The quantitative estimate of drug-likeness (QED) is 0.367. The summed E-state index contributed by atoms with van der Waals surface area (Å²) in [5.41, 5.74) is 5.92. The highest BCUT2D eigenvalue weighted by Crippen LogP contribution is 2.38. The molecule has 30 heavy (non-hydrogen) atoms. The number of aryl methyl sites for hydroxylation is 1. The molecule has 5 rings (SSSR count). The minimum absolute atomic E-state index is 0.123. The van der Waals surface area contributed by atoms with Crippen LogP contribution in [0.1, 0.15) is 51.1 Å². The minimum Gasteiger partial charge on any atom is -0.273 e. The van der Waals surface area contributed by atoms with Gasteiger partial charge in [0.05, 0.1) is 27.2 Å². The summed E-state index contributed by atoms with van der Waals surface area (Å²) in [6, 6.07) is 7.69. The predicted molar refractivity (Wildman–Crippen MR) is 122 cm³/mol. The van der Waals surface area contributed by atoms with Crippen molar-refractivity contribution < 1.29 is 0 Å². The maximum absolute atomic E-state index is 6.13. The van der Waals surface area contributed by atoms with E-state index in [0.29, 0.717) is 5.02 Å². The molecule has 0 spiro atoms. The van der Waals surface area contributed by atoms with Gasteiger partial charge in [-0.05, 0) is 50.3 Å². The van der Waals surface area contributed by atoms with Crippen LogP contribution >= 0.6 is 34.3 Å². The molecule has 1 aromatic carbocycles. The molecule has 0 fully saturated rings. The van der Waals surface area contributed by atoms with Gasteiger partial charge < -0.3 is 0 Å². The average molecular weight is 450 g/mol. The summed E-state index contributed by atoms with van der Waals surface area (Å²) in [4.78, 5) is 11.1. The Labute approximate surface area is 187 Å². The second-order valence-electron chi connectivity index (χ2n) is 6.95. The van der Waals surface area contributed by atoms with E-state index in [2.05, 4.69) is 38.5 Å². The number of benzene rings is 1. The highest BCUT2D eigenvalue weighted by molar-refractivity contribution is 7.15. The van der Waals surface area contributed by atoms with Gasteiger partial charge in [0.2, 0.25) is 0 Å². The Balaban J connectivity index is 1.76. The number of aliphatic imine (C=N–C) groups is 1.